The van der Waals surface area contributed by atoms with E-state index < -0.39 is 12.6 Å². The molecule has 0 radical (unpaired) electrons. The molecule has 1 aromatic rings. The first kappa shape index (κ1) is 19.1. The fourth-order valence-corrected chi connectivity index (χ4v) is 2.05. The number of nitrogens with zero attached hydrogens (tertiary/aromatic N) is 2. The molecule has 0 saturated heterocycles. The molecule has 0 unspecified atom stereocenters. The van der Waals surface area contributed by atoms with Gasteiger partial charge >= 0.3 is 6.18 Å². The maximum Gasteiger partial charge on any atom is 0.390 e. The molecule has 0 bridgehead atoms. The Hall–Kier alpha value is -1.92. The van der Waals surface area contributed by atoms with Crippen LogP contribution < -0.4 is 15.5 Å². The van der Waals surface area contributed by atoms with Gasteiger partial charge in [-0.25, -0.2) is 4.99 Å². The van der Waals surface area contributed by atoms with E-state index in [1.807, 2.05) is 45.0 Å². The van der Waals surface area contributed by atoms with Crippen molar-refractivity contribution >= 4 is 11.6 Å². The van der Waals surface area contributed by atoms with Crippen molar-refractivity contribution in [2.24, 2.45) is 4.99 Å². The molecule has 0 saturated carbocycles. The van der Waals surface area contributed by atoms with Gasteiger partial charge in [0.05, 0.1) is 13.0 Å². The quantitative estimate of drug-likeness (QED) is 0.622. The van der Waals surface area contributed by atoms with Crippen molar-refractivity contribution in [1.29, 1.82) is 0 Å². The van der Waals surface area contributed by atoms with Gasteiger partial charge in [0.15, 0.2) is 5.96 Å². The molecule has 4 nitrogen and oxygen atoms in total. The fourth-order valence-electron chi connectivity index (χ4n) is 2.05. The molecular formula is C16H25F3N4. The Morgan fingerprint density at radius 3 is 2.48 bits per heavy atom. The highest BCUT2D eigenvalue weighted by molar-refractivity contribution is 5.79. The van der Waals surface area contributed by atoms with Crippen LogP contribution in [0.2, 0.25) is 0 Å². The fraction of sp³-hybridized carbons (Fsp3) is 0.562. The topological polar surface area (TPSA) is 39.7 Å². The van der Waals surface area contributed by atoms with Crippen molar-refractivity contribution in [2.75, 3.05) is 32.1 Å². The number of anilines is 1. The first-order valence-electron chi connectivity index (χ1n) is 7.58. The van der Waals surface area contributed by atoms with Crippen molar-refractivity contribution in [1.82, 2.24) is 10.6 Å². The van der Waals surface area contributed by atoms with Gasteiger partial charge in [0.1, 0.15) is 0 Å². The number of nitrogens with one attached hydrogen (secondary N) is 2. The lowest BCUT2D eigenvalue weighted by molar-refractivity contribution is -0.132. The molecular weight excluding hydrogens is 305 g/mol. The third-order valence-corrected chi connectivity index (χ3v) is 3.18. The second-order valence-corrected chi connectivity index (χ2v) is 5.51. The minimum absolute atomic E-state index is 0.191. The highest BCUT2D eigenvalue weighted by atomic mass is 19.4. The lowest BCUT2D eigenvalue weighted by atomic mass is 10.1. The Morgan fingerprint density at radius 1 is 1.22 bits per heavy atom. The SMILES string of the molecule is CCNC(=NCc1ccc(C)cc1N(C)C)NCCC(F)(F)F. The number of benzene rings is 1. The molecule has 0 aliphatic heterocycles. The number of hydrogen-bond acceptors (Lipinski definition) is 2. The number of hydrogen-bond donors (Lipinski definition) is 2. The maximum atomic E-state index is 12.2. The van der Waals surface area contributed by atoms with Crippen molar-refractivity contribution in [2.45, 2.75) is 33.0 Å². The average molecular weight is 330 g/mol. The summed E-state index contributed by atoms with van der Waals surface area (Å²) in [6, 6.07) is 6.06. The van der Waals surface area contributed by atoms with Crippen LogP contribution in [0.1, 0.15) is 24.5 Å². The van der Waals surface area contributed by atoms with E-state index in [2.05, 4.69) is 21.7 Å². The monoisotopic (exact) mass is 330 g/mol. The van der Waals surface area contributed by atoms with E-state index in [0.717, 1.165) is 16.8 Å². The van der Waals surface area contributed by atoms with E-state index in [1.165, 1.54) is 0 Å². The molecule has 0 amide bonds. The van der Waals surface area contributed by atoms with Crippen molar-refractivity contribution in [3.05, 3.63) is 29.3 Å². The van der Waals surface area contributed by atoms with Gasteiger partial charge in [-0.1, -0.05) is 12.1 Å². The number of rotatable bonds is 6. The molecule has 0 aliphatic carbocycles. The number of guanidine groups is 1. The van der Waals surface area contributed by atoms with Crippen LogP contribution in [0.4, 0.5) is 18.9 Å². The highest BCUT2D eigenvalue weighted by Crippen LogP contribution is 2.21. The Kier molecular flexibility index (Phi) is 7.19. The van der Waals surface area contributed by atoms with Crippen LogP contribution >= 0.6 is 0 Å². The molecule has 0 aromatic heterocycles. The van der Waals surface area contributed by atoms with Gasteiger partial charge < -0.3 is 15.5 Å². The normalized spacial score (nSPS) is 12.2. The molecule has 0 atom stereocenters. The van der Waals surface area contributed by atoms with Gasteiger partial charge in [-0.3, -0.25) is 0 Å². The van der Waals surface area contributed by atoms with Crippen LogP contribution in [0.25, 0.3) is 0 Å². The predicted molar refractivity (Wildman–Crippen MR) is 89.0 cm³/mol. The molecule has 1 aromatic carbocycles. The highest BCUT2D eigenvalue weighted by Gasteiger charge is 2.26. The average Bonchev–Trinajstić information content (AvgIpc) is 2.44. The number of alkyl halides is 3. The van der Waals surface area contributed by atoms with E-state index >= 15 is 0 Å². The third-order valence-electron chi connectivity index (χ3n) is 3.18. The van der Waals surface area contributed by atoms with E-state index in [-0.39, 0.29) is 6.54 Å². The van der Waals surface area contributed by atoms with Crippen LogP contribution in [-0.2, 0) is 6.54 Å². The minimum atomic E-state index is -4.17. The lowest BCUT2D eigenvalue weighted by Crippen LogP contribution is -2.38. The molecule has 7 heteroatoms. The number of halogens is 3. The van der Waals surface area contributed by atoms with Crippen LogP contribution in [0.3, 0.4) is 0 Å². The summed E-state index contributed by atoms with van der Waals surface area (Å²) < 4.78 is 36.6. The van der Waals surface area contributed by atoms with Crippen molar-refractivity contribution in [3.8, 4) is 0 Å². The van der Waals surface area contributed by atoms with Gasteiger partial charge in [0.2, 0.25) is 0 Å². The van der Waals surface area contributed by atoms with Gasteiger partial charge in [0, 0.05) is 32.9 Å². The third kappa shape index (κ3) is 7.25. The van der Waals surface area contributed by atoms with Crippen LogP contribution in [-0.4, -0.2) is 39.3 Å². The zero-order valence-electron chi connectivity index (χ0n) is 14.1. The van der Waals surface area contributed by atoms with Crippen LogP contribution in [0.15, 0.2) is 23.2 Å². The predicted octanol–water partition coefficient (Wildman–Crippen LogP) is 3.07. The standard InChI is InChI=1S/C16H25F3N4/c1-5-20-15(21-9-8-16(17,18)19)22-11-13-7-6-12(2)10-14(13)23(3)4/h6-7,10H,5,8-9,11H2,1-4H3,(H2,20,21,22). The summed E-state index contributed by atoms with van der Waals surface area (Å²) in [6.07, 6.45) is -5.05. The van der Waals surface area contributed by atoms with Crippen LogP contribution in [0.5, 0.6) is 0 Å². The second kappa shape index (κ2) is 8.64. The second-order valence-electron chi connectivity index (χ2n) is 5.51. The molecule has 2 N–H and O–H groups in total. The smallest absolute Gasteiger partial charge is 0.377 e. The zero-order valence-corrected chi connectivity index (χ0v) is 14.1. The number of aliphatic imine (C=N–C) groups is 1. The molecule has 0 heterocycles. The summed E-state index contributed by atoms with van der Waals surface area (Å²) in [6.45, 7) is 4.69. The summed E-state index contributed by atoms with van der Waals surface area (Å²) in [5.41, 5.74) is 3.23. The summed E-state index contributed by atoms with van der Waals surface area (Å²) in [4.78, 5) is 6.38. The summed E-state index contributed by atoms with van der Waals surface area (Å²) in [5, 5.41) is 5.67. The Bertz CT molecular complexity index is 525. The Balaban J connectivity index is 2.77. The van der Waals surface area contributed by atoms with Crippen molar-refractivity contribution < 1.29 is 13.2 Å². The molecule has 23 heavy (non-hydrogen) atoms. The lowest BCUT2D eigenvalue weighted by Gasteiger charge is -2.18. The summed E-state index contributed by atoms with van der Waals surface area (Å²) in [7, 11) is 3.91. The zero-order chi connectivity index (χ0) is 17.5. The molecule has 1 rings (SSSR count). The minimum Gasteiger partial charge on any atom is -0.377 e. The summed E-state index contributed by atoms with van der Waals surface area (Å²) in [5.74, 6) is 0.391. The first-order chi connectivity index (χ1) is 10.7. The largest absolute Gasteiger partial charge is 0.390 e. The van der Waals surface area contributed by atoms with E-state index in [0.29, 0.717) is 19.0 Å². The molecule has 0 fully saturated rings. The summed E-state index contributed by atoms with van der Waals surface area (Å²) >= 11 is 0. The first-order valence-corrected chi connectivity index (χ1v) is 7.58. The van der Waals surface area contributed by atoms with E-state index in [4.69, 9.17) is 0 Å². The maximum absolute atomic E-state index is 12.2. The van der Waals surface area contributed by atoms with Gasteiger partial charge in [-0.05, 0) is 31.0 Å². The van der Waals surface area contributed by atoms with E-state index in [1.54, 1.807) is 0 Å². The van der Waals surface area contributed by atoms with Crippen molar-refractivity contribution in [3.63, 3.8) is 0 Å². The van der Waals surface area contributed by atoms with Crippen LogP contribution in [0, 0.1) is 6.92 Å². The Labute approximate surface area is 135 Å². The molecule has 0 spiro atoms. The number of aryl methyl sites for hydroxylation is 1. The van der Waals surface area contributed by atoms with E-state index in [9.17, 15) is 13.2 Å². The molecule has 130 valence electrons. The van der Waals surface area contributed by atoms with Gasteiger partial charge in [-0.2, -0.15) is 13.2 Å². The molecule has 0 aliphatic rings. The van der Waals surface area contributed by atoms with Gasteiger partial charge in [-0.15, -0.1) is 0 Å². The van der Waals surface area contributed by atoms with Gasteiger partial charge in [0.25, 0.3) is 0 Å². The Morgan fingerprint density at radius 2 is 1.91 bits per heavy atom.